The van der Waals surface area contributed by atoms with E-state index in [4.69, 9.17) is 9.47 Å². The van der Waals surface area contributed by atoms with Gasteiger partial charge >= 0.3 is 5.97 Å². The molecule has 1 saturated carbocycles. The van der Waals surface area contributed by atoms with E-state index in [1.165, 1.54) is 23.3 Å². The van der Waals surface area contributed by atoms with Crippen LogP contribution < -0.4 is 10.1 Å². The Labute approximate surface area is 181 Å². The fraction of sp³-hybridized carbons (Fsp3) is 0.440. The van der Waals surface area contributed by atoms with E-state index >= 15 is 0 Å². The van der Waals surface area contributed by atoms with Crippen LogP contribution in [0.1, 0.15) is 78.3 Å². The van der Waals surface area contributed by atoms with E-state index in [2.05, 4.69) is 19.2 Å². The number of fused-ring (bicyclic) bond motifs is 2. The Kier molecular flexibility index (Phi) is 5.28. The molecule has 3 aliphatic carbocycles. The minimum absolute atomic E-state index is 0.0573. The topological polar surface area (TPSA) is 64.6 Å². The number of ether oxygens (including phenoxy) is 2. The van der Waals surface area contributed by atoms with Crippen molar-refractivity contribution in [2.24, 2.45) is 0 Å². The third-order valence-electron chi connectivity index (χ3n) is 7.06. The fourth-order valence-corrected chi connectivity index (χ4v) is 4.98. The molecule has 2 bridgehead atoms. The van der Waals surface area contributed by atoms with Gasteiger partial charge in [0, 0.05) is 5.69 Å². The Morgan fingerprint density at radius 1 is 1.00 bits per heavy atom. The number of methoxy groups -OCH3 is 1. The molecule has 0 unspecified atom stereocenters. The first-order valence-electron chi connectivity index (χ1n) is 10.7. The lowest BCUT2D eigenvalue weighted by atomic mass is 9.52. The highest BCUT2D eigenvalue weighted by molar-refractivity contribution is 6.06. The molecule has 0 saturated heterocycles. The van der Waals surface area contributed by atoms with E-state index in [9.17, 15) is 14.0 Å². The standard InChI is InChI=1S/C25H28FNO4/c1-5-31-23(29)16-7-6-15(12-20(16)26)27-22(28)17-13-18-19(14-21(17)30-4)25(3)10-8-24(18,2)9-11-25/h6-7,12-14H,5,8-11H2,1-4H3,(H,27,28). The Morgan fingerprint density at radius 2 is 1.61 bits per heavy atom. The van der Waals surface area contributed by atoms with Crippen LogP contribution in [0.2, 0.25) is 0 Å². The molecule has 0 aromatic heterocycles. The number of carbonyl (C=O) groups excluding carboxylic acids is 2. The summed E-state index contributed by atoms with van der Waals surface area (Å²) in [6.45, 7) is 6.37. The second-order valence-corrected chi connectivity index (χ2v) is 9.09. The molecule has 1 fully saturated rings. The van der Waals surface area contributed by atoms with Crippen LogP contribution in [0.25, 0.3) is 0 Å². The van der Waals surface area contributed by atoms with E-state index in [1.54, 1.807) is 14.0 Å². The van der Waals surface area contributed by atoms with Crippen molar-refractivity contribution in [1.29, 1.82) is 0 Å². The molecule has 0 heterocycles. The lowest BCUT2D eigenvalue weighted by molar-refractivity contribution is 0.0521. The van der Waals surface area contributed by atoms with Gasteiger partial charge in [-0.25, -0.2) is 9.18 Å². The number of nitrogens with one attached hydrogen (secondary N) is 1. The van der Waals surface area contributed by atoms with Crippen LogP contribution in [0.15, 0.2) is 30.3 Å². The predicted octanol–water partition coefficient (Wildman–Crippen LogP) is 5.37. The molecule has 164 valence electrons. The Hall–Kier alpha value is -2.89. The van der Waals surface area contributed by atoms with E-state index < -0.39 is 11.8 Å². The first-order chi connectivity index (χ1) is 14.7. The van der Waals surface area contributed by atoms with Gasteiger partial charge in [0.2, 0.25) is 0 Å². The maximum absolute atomic E-state index is 14.4. The van der Waals surface area contributed by atoms with Crippen molar-refractivity contribution in [3.63, 3.8) is 0 Å². The van der Waals surface area contributed by atoms with Gasteiger partial charge in [0.25, 0.3) is 5.91 Å². The number of halogens is 1. The summed E-state index contributed by atoms with van der Waals surface area (Å²) in [5.74, 6) is -1.34. The molecule has 3 aliphatic rings. The number of amides is 1. The number of hydrogen-bond donors (Lipinski definition) is 1. The monoisotopic (exact) mass is 425 g/mol. The average Bonchev–Trinajstić information content (AvgIpc) is 2.74. The third kappa shape index (κ3) is 3.58. The summed E-state index contributed by atoms with van der Waals surface area (Å²) in [5.41, 5.74) is 3.17. The molecule has 1 amide bonds. The summed E-state index contributed by atoms with van der Waals surface area (Å²) >= 11 is 0. The van der Waals surface area contributed by atoms with Gasteiger partial charge in [-0.05, 0) is 84.9 Å². The third-order valence-corrected chi connectivity index (χ3v) is 7.06. The number of benzene rings is 2. The second kappa shape index (κ2) is 7.66. The lowest BCUT2D eigenvalue weighted by Gasteiger charge is -2.52. The molecule has 5 nitrogen and oxygen atoms in total. The van der Waals surface area contributed by atoms with Crippen LogP contribution in [0.3, 0.4) is 0 Å². The zero-order valence-electron chi connectivity index (χ0n) is 18.4. The highest BCUT2D eigenvalue weighted by atomic mass is 19.1. The van der Waals surface area contributed by atoms with Crippen molar-refractivity contribution in [3.8, 4) is 5.75 Å². The minimum atomic E-state index is -0.744. The van der Waals surface area contributed by atoms with E-state index in [0.29, 0.717) is 11.3 Å². The maximum atomic E-state index is 14.4. The molecule has 0 aliphatic heterocycles. The van der Waals surface area contributed by atoms with Gasteiger partial charge in [-0.1, -0.05) is 13.8 Å². The smallest absolute Gasteiger partial charge is 0.341 e. The predicted molar refractivity (Wildman–Crippen MR) is 116 cm³/mol. The molecule has 0 spiro atoms. The van der Waals surface area contributed by atoms with Gasteiger partial charge in [-0.2, -0.15) is 0 Å². The number of anilines is 1. The van der Waals surface area contributed by atoms with Gasteiger partial charge in [0.15, 0.2) is 0 Å². The van der Waals surface area contributed by atoms with E-state index in [0.717, 1.165) is 31.7 Å². The molecule has 31 heavy (non-hydrogen) atoms. The van der Waals surface area contributed by atoms with Gasteiger partial charge in [-0.3, -0.25) is 4.79 Å². The van der Waals surface area contributed by atoms with Crippen LogP contribution in [-0.4, -0.2) is 25.6 Å². The second-order valence-electron chi connectivity index (χ2n) is 9.09. The SMILES string of the molecule is CCOC(=O)c1ccc(NC(=O)c2cc3c(cc2OC)C2(C)CCC3(C)CC2)cc1F. The van der Waals surface area contributed by atoms with Gasteiger partial charge in [0.05, 0.1) is 24.8 Å². The van der Waals surface area contributed by atoms with E-state index in [1.807, 2.05) is 12.1 Å². The number of hydrogen-bond acceptors (Lipinski definition) is 4. The molecular weight excluding hydrogens is 397 g/mol. The number of rotatable bonds is 5. The molecular formula is C25H28FNO4. The zero-order valence-corrected chi connectivity index (χ0v) is 18.4. The minimum Gasteiger partial charge on any atom is -0.496 e. The maximum Gasteiger partial charge on any atom is 0.341 e. The Balaban J connectivity index is 1.66. The first kappa shape index (κ1) is 21.3. The lowest BCUT2D eigenvalue weighted by Crippen LogP contribution is -2.44. The van der Waals surface area contributed by atoms with Crippen molar-refractivity contribution < 1.29 is 23.5 Å². The van der Waals surface area contributed by atoms with Crippen molar-refractivity contribution in [3.05, 3.63) is 58.4 Å². The van der Waals surface area contributed by atoms with Crippen LogP contribution in [0.5, 0.6) is 5.75 Å². The summed E-state index contributed by atoms with van der Waals surface area (Å²) in [7, 11) is 1.55. The number of carbonyl (C=O) groups is 2. The molecule has 0 atom stereocenters. The largest absolute Gasteiger partial charge is 0.496 e. The molecule has 1 N–H and O–H groups in total. The summed E-state index contributed by atoms with van der Waals surface area (Å²) in [4.78, 5) is 24.9. The first-order valence-corrected chi connectivity index (χ1v) is 10.7. The highest BCUT2D eigenvalue weighted by Gasteiger charge is 2.48. The zero-order chi connectivity index (χ0) is 22.4. The Morgan fingerprint density at radius 3 is 2.16 bits per heavy atom. The summed E-state index contributed by atoms with van der Waals surface area (Å²) in [6.07, 6.45) is 4.48. The van der Waals surface area contributed by atoms with Crippen LogP contribution in [-0.2, 0) is 15.6 Å². The van der Waals surface area contributed by atoms with Gasteiger partial charge < -0.3 is 14.8 Å². The highest BCUT2D eigenvalue weighted by Crippen LogP contribution is 2.57. The molecule has 0 radical (unpaired) electrons. The van der Waals surface area contributed by atoms with Crippen LogP contribution in [0.4, 0.5) is 10.1 Å². The summed E-state index contributed by atoms with van der Waals surface area (Å²) in [6, 6.07) is 7.88. The fourth-order valence-electron chi connectivity index (χ4n) is 4.98. The van der Waals surface area contributed by atoms with E-state index in [-0.39, 0.29) is 34.6 Å². The average molecular weight is 426 g/mol. The van der Waals surface area contributed by atoms with Crippen molar-refractivity contribution in [2.75, 3.05) is 19.0 Å². The Bertz CT molecular complexity index is 1050. The summed E-state index contributed by atoms with van der Waals surface area (Å²) in [5, 5.41) is 2.73. The van der Waals surface area contributed by atoms with Crippen molar-refractivity contribution >= 4 is 17.6 Å². The normalized spacial score (nSPS) is 23.8. The van der Waals surface area contributed by atoms with Gasteiger partial charge in [0.1, 0.15) is 11.6 Å². The van der Waals surface area contributed by atoms with Gasteiger partial charge in [-0.15, -0.1) is 0 Å². The quantitative estimate of drug-likeness (QED) is 0.655. The molecule has 2 aromatic carbocycles. The number of esters is 1. The summed E-state index contributed by atoms with van der Waals surface area (Å²) < 4.78 is 24.8. The van der Waals surface area contributed by atoms with Crippen molar-refractivity contribution in [2.45, 2.75) is 57.3 Å². The molecule has 2 aromatic rings. The van der Waals surface area contributed by atoms with Crippen molar-refractivity contribution in [1.82, 2.24) is 0 Å². The molecule has 6 heteroatoms. The molecule has 5 rings (SSSR count). The van der Waals surface area contributed by atoms with Crippen LogP contribution in [0, 0.1) is 5.82 Å². The van der Waals surface area contributed by atoms with Crippen LogP contribution >= 0.6 is 0 Å².